The number of allylic oxidation sites excluding steroid dienone is 2. The van der Waals surface area contributed by atoms with E-state index in [-0.39, 0.29) is 17.1 Å². The van der Waals surface area contributed by atoms with Gasteiger partial charge in [-0.15, -0.1) is 0 Å². The second-order valence-corrected chi connectivity index (χ2v) is 6.46. The van der Waals surface area contributed by atoms with Gasteiger partial charge in [0.15, 0.2) is 0 Å². The molecule has 0 aromatic heterocycles. The first-order valence-electron chi connectivity index (χ1n) is 10.2. The maximum Gasteiger partial charge on any atom is 0.329 e. The average molecular weight is 432 g/mol. The first-order valence-corrected chi connectivity index (χ1v) is 10.2. The Labute approximate surface area is 177 Å². The van der Waals surface area contributed by atoms with Crippen molar-refractivity contribution >= 4 is 11.9 Å². The molecular weight excluding hydrogens is 392 g/mol. The Morgan fingerprint density at radius 1 is 0.852 bits per heavy atom. The number of esters is 1. The van der Waals surface area contributed by atoms with Crippen molar-refractivity contribution in [2.75, 3.05) is 7.11 Å². The van der Waals surface area contributed by atoms with Gasteiger partial charge >= 0.3 is 11.9 Å². The van der Waals surface area contributed by atoms with Crippen LogP contribution in [0.4, 0.5) is 0 Å². The average Bonchev–Trinajstić information content (AvgIpc) is 2.64. The van der Waals surface area contributed by atoms with Gasteiger partial charge in [-0.3, -0.25) is 4.79 Å². The predicted octanol–water partition coefficient (Wildman–Crippen LogP) is 6.45. The van der Waals surface area contributed by atoms with Crippen molar-refractivity contribution in [3.8, 4) is 0 Å². The van der Waals surface area contributed by atoms with Gasteiger partial charge in [-0.25, -0.2) is 4.79 Å². The smallest absolute Gasteiger partial charge is 0.329 e. The number of aliphatic carboxylic acids is 1. The van der Waals surface area contributed by atoms with Gasteiger partial charge in [0.05, 0.1) is 7.11 Å². The molecule has 0 unspecified atom stereocenters. The molecule has 0 aliphatic carbocycles. The van der Waals surface area contributed by atoms with Gasteiger partial charge in [-0.05, 0) is 32.1 Å². The fourth-order valence-corrected chi connectivity index (χ4v) is 2.43. The molecule has 0 saturated carbocycles. The van der Waals surface area contributed by atoms with Gasteiger partial charge in [-0.1, -0.05) is 77.0 Å². The topological polar surface area (TPSA) is 63.6 Å². The minimum absolute atomic E-state index is 0. The molecule has 5 heteroatoms. The van der Waals surface area contributed by atoms with E-state index in [1.54, 1.807) is 0 Å². The molecule has 0 aromatic rings. The second kappa shape index (κ2) is 27.2. The van der Waals surface area contributed by atoms with Gasteiger partial charge in [0.1, 0.15) is 0 Å². The molecule has 0 amide bonds. The van der Waals surface area contributed by atoms with Crippen LogP contribution in [0.1, 0.15) is 96.8 Å². The molecule has 0 aliphatic heterocycles. The zero-order valence-electron chi connectivity index (χ0n) is 17.3. The minimum Gasteiger partial charge on any atom is -0.481 e. The fourth-order valence-electron chi connectivity index (χ4n) is 2.43. The van der Waals surface area contributed by atoms with Crippen LogP contribution in [-0.4, -0.2) is 24.2 Å². The number of unbranched alkanes of at least 4 members (excludes halogenated alkanes) is 11. The standard InChI is InChI=1S/C18H34O2.C4H6O2.Cu/c1-2-3-4-5-6-7-8-9-10-11-12-13-14-15-16-17-18(19)20;1-3-4(5)6-2;/h9-10H,2-8,11-17H2,1H3,(H,19,20);3H,1H2,2H3;/b10-9+;;. The third-order valence-corrected chi connectivity index (χ3v) is 4.02. The van der Waals surface area contributed by atoms with Gasteiger partial charge < -0.3 is 9.84 Å². The molecule has 0 atom stereocenters. The molecule has 1 radical (unpaired) electrons. The van der Waals surface area contributed by atoms with Gasteiger partial charge in [0, 0.05) is 29.6 Å². The number of carboxylic acids is 1. The maximum atomic E-state index is 10.3. The van der Waals surface area contributed by atoms with E-state index >= 15 is 0 Å². The number of carbonyl (C=O) groups is 2. The Bertz CT molecular complexity index is 367. The summed E-state index contributed by atoms with van der Waals surface area (Å²) in [5.74, 6) is -1.06. The van der Waals surface area contributed by atoms with Crippen LogP contribution in [0.25, 0.3) is 0 Å². The zero-order valence-corrected chi connectivity index (χ0v) is 18.3. The number of ether oxygens (including phenoxy) is 1. The monoisotopic (exact) mass is 431 g/mol. The van der Waals surface area contributed by atoms with Crippen LogP contribution in [0, 0.1) is 0 Å². The van der Waals surface area contributed by atoms with Gasteiger partial charge in [-0.2, -0.15) is 0 Å². The van der Waals surface area contributed by atoms with E-state index in [2.05, 4.69) is 30.4 Å². The van der Waals surface area contributed by atoms with Crippen LogP contribution < -0.4 is 0 Å². The predicted molar refractivity (Wildman–Crippen MR) is 109 cm³/mol. The van der Waals surface area contributed by atoms with Crippen LogP contribution in [0.3, 0.4) is 0 Å². The van der Waals surface area contributed by atoms with Crippen molar-refractivity contribution in [2.24, 2.45) is 0 Å². The largest absolute Gasteiger partial charge is 0.481 e. The van der Waals surface area contributed by atoms with E-state index in [1.165, 1.54) is 77.7 Å². The minimum atomic E-state index is -0.664. The van der Waals surface area contributed by atoms with E-state index in [0.29, 0.717) is 6.42 Å². The number of methoxy groups -OCH3 is 1. The first-order chi connectivity index (χ1) is 12.6. The quantitative estimate of drug-likeness (QED) is 0.100. The normalized spacial score (nSPS) is 9.85. The molecule has 0 spiro atoms. The molecule has 0 aliphatic rings. The maximum absolute atomic E-state index is 10.3. The molecule has 0 rings (SSSR count). The van der Waals surface area contributed by atoms with Crippen LogP contribution in [0.2, 0.25) is 0 Å². The SMILES string of the molecule is C=CC(=O)OC.CCCCCCCC/C=C/CCCCCCCC(=O)O.[Cu]. The molecule has 0 saturated heterocycles. The summed E-state index contributed by atoms with van der Waals surface area (Å²) in [5.41, 5.74) is 0. The van der Waals surface area contributed by atoms with Gasteiger partial charge in [0.25, 0.3) is 0 Å². The number of hydrogen-bond donors (Lipinski definition) is 1. The number of carboxylic acid groups (broad SMARTS) is 1. The summed E-state index contributed by atoms with van der Waals surface area (Å²) in [6, 6.07) is 0. The second-order valence-electron chi connectivity index (χ2n) is 6.46. The molecule has 27 heavy (non-hydrogen) atoms. The summed E-state index contributed by atoms with van der Waals surface area (Å²) in [6.45, 7) is 5.42. The summed E-state index contributed by atoms with van der Waals surface area (Å²) >= 11 is 0. The number of hydrogen-bond acceptors (Lipinski definition) is 3. The summed E-state index contributed by atoms with van der Waals surface area (Å²) in [6.07, 6.45) is 22.4. The molecule has 0 bridgehead atoms. The van der Waals surface area contributed by atoms with Crippen LogP contribution in [-0.2, 0) is 31.4 Å². The Hall–Kier alpha value is -1.06. The fraction of sp³-hybridized carbons (Fsp3) is 0.727. The van der Waals surface area contributed by atoms with Crippen LogP contribution >= 0.6 is 0 Å². The van der Waals surface area contributed by atoms with Crippen molar-refractivity contribution in [3.05, 3.63) is 24.8 Å². The number of rotatable bonds is 16. The van der Waals surface area contributed by atoms with Crippen molar-refractivity contribution in [1.29, 1.82) is 0 Å². The Morgan fingerprint density at radius 3 is 1.67 bits per heavy atom. The summed E-state index contributed by atoms with van der Waals surface area (Å²) < 4.78 is 4.14. The Balaban J connectivity index is -0.000000709. The van der Waals surface area contributed by atoms with Crippen molar-refractivity contribution in [3.63, 3.8) is 0 Å². The molecule has 0 aromatic carbocycles. The third-order valence-electron chi connectivity index (χ3n) is 4.02. The Kier molecular flexibility index (Phi) is 30.8. The first kappa shape index (κ1) is 30.7. The van der Waals surface area contributed by atoms with Crippen molar-refractivity contribution in [2.45, 2.75) is 96.8 Å². The molecule has 1 N–H and O–H groups in total. The van der Waals surface area contributed by atoms with Crippen LogP contribution in [0.15, 0.2) is 24.8 Å². The molecule has 4 nitrogen and oxygen atoms in total. The van der Waals surface area contributed by atoms with E-state index in [1.807, 2.05) is 0 Å². The molecular formula is C22H40CuO4. The summed E-state index contributed by atoms with van der Waals surface area (Å²) in [7, 11) is 1.31. The summed E-state index contributed by atoms with van der Waals surface area (Å²) in [5, 5.41) is 8.51. The van der Waals surface area contributed by atoms with E-state index in [9.17, 15) is 9.59 Å². The molecule has 163 valence electrons. The Morgan fingerprint density at radius 2 is 1.30 bits per heavy atom. The van der Waals surface area contributed by atoms with Crippen molar-refractivity contribution < 1.29 is 36.5 Å². The van der Waals surface area contributed by atoms with E-state index in [4.69, 9.17) is 5.11 Å². The zero-order chi connectivity index (χ0) is 19.9. The van der Waals surface area contributed by atoms with E-state index in [0.717, 1.165) is 18.9 Å². The van der Waals surface area contributed by atoms with E-state index < -0.39 is 11.9 Å². The van der Waals surface area contributed by atoms with Crippen LogP contribution in [0.5, 0.6) is 0 Å². The number of carbonyl (C=O) groups excluding carboxylic acids is 1. The summed E-state index contributed by atoms with van der Waals surface area (Å²) in [4.78, 5) is 20.2. The van der Waals surface area contributed by atoms with Crippen molar-refractivity contribution in [1.82, 2.24) is 0 Å². The molecule has 0 fully saturated rings. The third kappa shape index (κ3) is 33.0. The van der Waals surface area contributed by atoms with Gasteiger partial charge in [0.2, 0.25) is 0 Å². The molecule has 0 heterocycles.